The van der Waals surface area contributed by atoms with Crippen molar-refractivity contribution in [2.24, 2.45) is 0 Å². The van der Waals surface area contributed by atoms with Crippen LogP contribution in [-0.4, -0.2) is 76.1 Å². The number of halogens is 1. The predicted molar refractivity (Wildman–Crippen MR) is 180 cm³/mol. The van der Waals surface area contributed by atoms with Crippen molar-refractivity contribution >= 4 is 53.3 Å². The SMILES string of the molecule is CC1COc2ccc(Br)c3c2B(O1)OC3CNC(=O)OC(C)(C)C.CC1COc2cccc3c2B(O1)OC3CNC(=O)OC(C)(C)C. The Morgan fingerprint density at radius 1 is 0.766 bits per heavy atom. The van der Waals surface area contributed by atoms with Crippen molar-refractivity contribution in [1.82, 2.24) is 10.6 Å². The zero-order valence-electron chi connectivity index (χ0n) is 28.1. The topological polar surface area (TPSA) is 132 Å². The Bertz CT molecular complexity index is 1470. The third kappa shape index (κ3) is 8.94. The molecule has 2 amide bonds. The minimum Gasteiger partial charge on any atom is -0.491 e. The highest BCUT2D eigenvalue weighted by molar-refractivity contribution is 9.10. The molecule has 4 atom stereocenters. The Kier molecular flexibility index (Phi) is 10.7. The third-order valence-corrected chi connectivity index (χ3v) is 8.02. The van der Waals surface area contributed by atoms with E-state index in [1.165, 1.54) is 0 Å². The van der Waals surface area contributed by atoms with Gasteiger partial charge in [-0.25, -0.2) is 9.59 Å². The molecule has 0 radical (unpaired) electrons. The summed E-state index contributed by atoms with van der Waals surface area (Å²) in [6.45, 7) is 16.4. The molecule has 0 aliphatic carbocycles. The van der Waals surface area contributed by atoms with Crippen LogP contribution in [0, 0.1) is 0 Å². The molecule has 47 heavy (non-hydrogen) atoms. The smallest absolute Gasteiger partial charge is 0.491 e. The van der Waals surface area contributed by atoms with Crippen molar-refractivity contribution < 1.29 is 47.2 Å². The number of benzene rings is 2. The molecule has 0 spiro atoms. The zero-order chi connectivity index (χ0) is 34.1. The van der Waals surface area contributed by atoms with Gasteiger partial charge in [-0.3, -0.25) is 0 Å². The molecule has 0 aromatic heterocycles. The first-order chi connectivity index (χ1) is 22.1. The summed E-state index contributed by atoms with van der Waals surface area (Å²) >= 11 is 3.56. The van der Waals surface area contributed by atoms with Gasteiger partial charge in [0.1, 0.15) is 35.9 Å². The average molecular weight is 717 g/mol. The van der Waals surface area contributed by atoms with E-state index < -0.39 is 37.6 Å². The Morgan fingerprint density at radius 3 is 1.85 bits per heavy atom. The minimum atomic E-state index is -0.540. The Balaban J connectivity index is 0.000000185. The van der Waals surface area contributed by atoms with Gasteiger partial charge in [-0.15, -0.1) is 0 Å². The molecule has 12 nitrogen and oxygen atoms in total. The molecule has 0 bridgehead atoms. The molecule has 2 aromatic rings. The van der Waals surface area contributed by atoms with Gasteiger partial charge >= 0.3 is 26.4 Å². The van der Waals surface area contributed by atoms with Gasteiger partial charge in [0.15, 0.2) is 0 Å². The molecular weight excluding hydrogens is 674 g/mol. The molecule has 4 aliphatic rings. The maximum atomic E-state index is 11.9. The van der Waals surface area contributed by atoms with Crippen LogP contribution in [0.4, 0.5) is 9.59 Å². The van der Waals surface area contributed by atoms with Crippen molar-refractivity contribution in [3.05, 3.63) is 45.9 Å². The lowest BCUT2D eigenvalue weighted by atomic mass is 9.77. The maximum absolute atomic E-state index is 11.9. The number of hydrogen-bond acceptors (Lipinski definition) is 10. The normalized spacial score (nSPS) is 22.7. The van der Waals surface area contributed by atoms with E-state index >= 15 is 0 Å². The van der Waals surface area contributed by atoms with Gasteiger partial charge in [-0.1, -0.05) is 28.1 Å². The number of ether oxygens (including phenoxy) is 4. The van der Waals surface area contributed by atoms with Crippen LogP contribution in [-0.2, 0) is 28.1 Å². The summed E-state index contributed by atoms with van der Waals surface area (Å²) in [7, 11) is -0.945. The van der Waals surface area contributed by atoms with E-state index in [4.69, 9.17) is 37.6 Å². The van der Waals surface area contributed by atoms with E-state index in [1.807, 2.05) is 85.7 Å². The van der Waals surface area contributed by atoms with Crippen LogP contribution in [0.3, 0.4) is 0 Å². The zero-order valence-corrected chi connectivity index (χ0v) is 29.7. The Morgan fingerprint density at radius 2 is 1.28 bits per heavy atom. The third-order valence-electron chi connectivity index (χ3n) is 7.33. The molecule has 6 rings (SSSR count). The van der Waals surface area contributed by atoms with E-state index in [0.717, 1.165) is 38.0 Å². The van der Waals surface area contributed by atoms with Crippen LogP contribution >= 0.6 is 15.9 Å². The summed E-state index contributed by atoms with van der Waals surface area (Å²) in [4.78, 5) is 23.7. The number of nitrogens with one attached hydrogen (secondary N) is 2. The van der Waals surface area contributed by atoms with Crippen LogP contribution in [0.15, 0.2) is 34.8 Å². The number of carbonyl (C=O) groups is 2. The molecule has 2 N–H and O–H groups in total. The standard InChI is InChI=1S/C16H21BBrNO5.C16H22BNO5/c1-9-8-21-11-6-5-10(18)13-12(24-17(23-9)14(11)13)7-19-15(20)22-16(2,3)4;1-10-9-20-12-7-5-6-11-13(23-17(22-10)14(11)12)8-18-15(19)21-16(2,3)4/h5-6,9,12H,7-8H2,1-4H3,(H,19,20);5-7,10,13H,8-9H2,1-4H3,(H,18,19). The highest BCUT2D eigenvalue weighted by Gasteiger charge is 2.45. The molecular formula is C32H43B2BrN2O10. The summed E-state index contributed by atoms with van der Waals surface area (Å²) in [6.07, 6.45) is -1.68. The molecule has 4 heterocycles. The monoisotopic (exact) mass is 716 g/mol. The second kappa shape index (κ2) is 14.3. The summed E-state index contributed by atoms with van der Waals surface area (Å²) < 4.78 is 46.8. The average Bonchev–Trinajstić information content (AvgIpc) is 3.39. The first-order valence-electron chi connectivity index (χ1n) is 15.8. The molecule has 15 heteroatoms. The number of amides is 2. The lowest BCUT2D eigenvalue weighted by molar-refractivity contribution is 0.0477. The lowest BCUT2D eigenvalue weighted by Crippen LogP contribution is -2.36. The van der Waals surface area contributed by atoms with E-state index in [0.29, 0.717) is 19.8 Å². The van der Waals surface area contributed by atoms with Crippen LogP contribution < -0.4 is 31.0 Å². The Labute approximate surface area is 285 Å². The summed E-state index contributed by atoms with van der Waals surface area (Å²) in [5.41, 5.74) is 2.68. The quantitative estimate of drug-likeness (QED) is 0.442. The Hall–Kier alpha value is -2.97. The maximum Gasteiger partial charge on any atom is 0.498 e. The summed E-state index contributed by atoms with van der Waals surface area (Å²) in [5.74, 6) is 1.55. The highest BCUT2D eigenvalue weighted by Crippen LogP contribution is 2.36. The number of carbonyl (C=O) groups excluding carboxylic acids is 2. The number of alkyl carbamates (subject to hydrolysis) is 2. The van der Waals surface area contributed by atoms with Crippen molar-refractivity contribution in [3.63, 3.8) is 0 Å². The van der Waals surface area contributed by atoms with E-state index in [2.05, 4.69) is 26.6 Å². The van der Waals surface area contributed by atoms with Gasteiger partial charge in [0.25, 0.3) is 0 Å². The van der Waals surface area contributed by atoms with Crippen molar-refractivity contribution in [2.45, 2.75) is 91.0 Å². The first kappa shape index (κ1) is 35.3. The van der Waals surface area contributed by atoms with E-state index in [-0.39, 0.29) is 31.0 Å². The molecule has 2 aromatic carbocycles. The van der Waals surface area contributed by atoms with E-state index in [1.54, 1.807) is 0 Å². The minimum absolute atomic E-state index is 0.0576. The fraction of sp³-hybridized carbons (Fsp3) is 0.562. The van der Waals surface area contributed by atoms with Gasteiger partial charge < -0.3 is 48.2 Å². The van der Waals surface area contributed by atoms with Crippen molar-refractivity contribution in [1.29, 1.82) is 0 Å². The fourth-order valence-electron chi connectivity index (χ4n) is 5.49. The molecule has 254 valence electrons. The van der Waals surface area contributed by atoms with Gasteiger partial charge in [-0.05, 0) is 84.7 Å². The van der Waals surface area contributed by atoms with Crippen LogP contribution in [0.25, 0.3) is 0 Å². The van der Waals surface area contributed by atoms with Crippen LogP contribution in [0.2, 0.25) is 0 Å². The van der Waals surface area contributed by atoms with Gasteiger partial charge in [-0.2, -0.15) is 0 Å². The van der Waals surface area contributed by atoms with Gasteiger partial charge in [0.05, 0.1) is 24.4 Å². The molecule has 0 saturated carbocycles. The molecule has 0 fully saturated rings. The number of rotatable bonds is 4. The van der Waals surface area contributed by atoms with Gasteiger partial charge in [0.2, 0.25) is 0 Å². The van der Waals surface area contributed by atoms with Crippen LogP contribution in [0.5, 0.6) is 11.5 Å². The predicted octanol–water partition coefficient (Wildman–Crippen LogP) is 4.31. The van der Waals surface area contributed by atoms with Gasteiger partial charge in [0, 0.05) is 28.5 Å². The molecule has 4 aliphatic heterocycles. The molecule has 0 saturated heterocycles. The second-order valence-electron chi connectivity index (χ2n) is 13.8. The second-order valence-corrected chi connectivity index (χ2v) is 14.7. The first-order valence-corrected chi connectivity index (χ1v) is 16.6. The van der Waals surface area contributed by atoms with Crippen molar-refractivity contribution in [3.8, 4) is 11.5 Å². The largest absolute Gasteiger partial charge is 0.498 e. The summed E-state index contributed by atoms with van der Waals surface area (Å²) in [6, 6.07) is 9.65. The summed E-state index contributed by atoms with van der Waals surface area (Å²) in [5, 5.41) is 5.51. The van der Waals surface area contributed by atoms with Crippen LogP contribution in [0.1, 0.15) is 78.7 Å². The number of hydrogen-bond donors (Lipinski definition) is 2. The fourth-order valence-corrected chi connectivity index (χ4v) is 6.09. The molecule has 4 unspecified atom stereocenters. The lowest BCUT2D eigenvalue weighted by Gasteiger charge is -2.21. The van der Waals surface area contributed by atoms with E-state index in [9.17, 15) is 9.59 Å². The highest BCUT2D eigenvalue weighted by atomic mass is 79.9. The van der Waals surface area contributed by atoms with Crippen molar-refractivity contribution in [2.75, 3.05) is 26.3 Å².